The van der Waals surface area contributed by atoms with Crippen molar-refractivity contribution in [2.75, 3.05) is 0 Å². The van der Waals surface area contributed by atoms with Crippen LogP contribution in [0.1, 0.15) is 11.1 Å². The lowest BCUT2D eigenvalue weighted by molar-refractivity contribution is 0.587. The molecule has 1 aliphatic heterocycles. The van der Waals surface area contributed by atoms with E-state index >= 15 is 0 Å². The maximum Gasteiger partial charge on any atom is 0.226 e. The average molecular weight is 462 g/mol. The van der Waals surface area contributed by atoms with Crippen LogP contribution in [0.3, 0.4) is 0 Å². The minimum absolute atomic E-state index is 0.00288. The molecule has 0 radical (unpaired) electrons. The third-order valence-corrected chi connectivity index (χ3v) is 8.46. The lowest BCUT2D eigenvalue weighted by atomic mass is 10.0. The summed E-state index contributed by atoms with van der Waals surface area (Å²) in [6.07, 6.45) is 0.942. The Balaban J connectivity index is 1.90. The van der Waals surface area contributed by atoms with Gasteiger partial charge in [-0.1, -0.05) is 66.7 Å². The summed E-state index contributed by atoms with van der Waals surface area (Å²) in [5.74, 6) is 0. The molecule has 1 aliphatic rings. The zero-order valence-electron chi connectivity index (χ0n) is 16.5. The highest BCUT2D eigenvalue weighted by Crippen LogP contribution is 2.39. The van der Waals surface area contributed by atoms with E-state index in [2.05, 4.69) is 15.0 Å². The molecule has 32 heavy (non-hydrogen) atoms. The van der Waals surface area contributed by atoms with Gasteiger partial charge >= 0.3 is 0 Å². The normalized spacial score (nSPS) is 14.6. The summed E-state index contributed by atoms with van der Waals surface area (Å²) in [4.78, 5) is 12.5. The largest absolute Gasteiger partial charge is 0.242 e. The highest BCUT2D eigenvalue weighted by molar-refractivity contribution is 7.92. The number of sulfone groups is 2. The van der Waals surface area contributed by atoms with Crippen LogP contribution in [0.5, 0.6) is 0 Å². The Labute approximate surface area is 185 Å². The quantitative estimate of drug-likeness (QED) is 0.380. The van der Waals surface area contributed by atoms with Gasteiger partial charge in [-0.05, 0) is 18.2 Å². The highest BCUT2D eigenvalue weighted by atomic mass is 32.2. The van der Waals surface area contributed by atoms with E-state index in [1.54, 1.807) is 60.7 Å². The Morgan fingerprint density at radius 1 is 0.719 bits per heavy atom. The van der Waals surface area contributed by atoms with E-state index < -0.39 is 29.7 Å². The molecule has 2 heterocycles. The zero-order valence-corrected chi connectivity index (χ0v) is 18.1. The van der Waals surface area contributed by atoms with Crippen molar-refractivity contribution < 1.29 is 16.8 Å². The van der Waals surface area contributed by atoms with Crippen LogP contribution in [0.2, 0.25) is 0 Å². The molecule has 0 saturated carbocycles. The van der Waals surface area contributed by atoms with Crippen LogP contribution in [0.15, 0.2) is 116 Å². The van der Waals surface area contributed by atoms with Crippen molar-refractivity contribution in [1.29, 1.82) is 0 Å². The van der Waals surface area contributed by atoms with E-state index in [1.165, 1.54) is 18.2 Å². The van der Waals surface area contributed by atoms with Crippen molar-refractivity contribution in [1.82, 2.24) is 9.97 Å². The Hall–Kier alpha value is -3.69. The number of nitrogens with zero attached hydrogens (tertiary/aromatic N) is 3. The highest BCUT2D eigenvalue weighted by Gasteiger charge is 2.36. The minimum atomic E-state index is -4.17. The molecule has 5 rings (SSSR count). The fourth-order valence-corrected chi connectivity index (χ4v) is 6.43. The van der Waals surface area contributed by atoms with Crippen molar-refractivity contribution >= 4 is 31.1 Å². The van der Waals surface area contributed by atoms with Crippen LogP contribution < -0.4 is 0 Å². The average Bonchev–Trinajstić information content (AvgIpc) is 2.93. The first-order valence-corrected chi connectivity index (χ1v) is 12.5. The summed E-state index contributed by atoms with van der Waals surface area (Å²) in [5.41, 5.74) is 1.02. The van der Waals surface area contributed by atoms with E-state index in [4.69, 9.17) is 0 Å². The second kappa shape index (κ2) is 7.47. The number of fused-ring (bicyclic) bond motifs is 2. The molecule has 158 valence electrons. The maximum atomic E-state index is 13.5. The van der Waals surface area contributed by atoms with E-state index in [0.717, 1.165) is 6.33 Å². The SMILES string of the molecule is O=S(=O)(c1ccccc1)c1ncnc2c1N=C(c1ccccc1)c1ccccc1S2(=O)=O. The Morgan fingerprint density at radius 2 is 1.34 bits per heavy atom. The van der Waals surface area contributed by atoms with Gasteiger partial charge in [-0.2, -0.15) is 0 Å². The van der Waals surface area contributed by atoms with Gasteiger partial charge in [0.15, 0.2) is 10.1 Å². The Kier molecular flexibility index (Phi) is 4.72. The maximum absolute atomic E-state index is 13.5. The van der Waals surface area contributed by atoms with Gasteiger partial charge in [-0.25, -0.2) is 31.8 Å². The van der Waals surface area contributed by atoms with Gasteiger partial charge in [0.2, 0.25) is 19.7 Å². The molecule has 0 amide bonds. The molecule has 0 fully saturated rings. The first kappa shape index (κ1) is 20.2. The molecule has 9 heteroatoms. The molecule has 0 unspecified atom stereocenters. The number of aliphatic imine (C=N–C) groups is 1. The molecule has 3 aromatic carbocycles. The summed E-state index contributed by atoms with van der Waals surface area (Å²) in [6, 6.07) is 23.1. The van der Waals surface area contributed by atoms with Gasteiger partial charge in [0.25, 0.3) is 0 Å². The third-order valence-electron chi connectivity index (χ3n) is 5.02. The van der Waals surface area contributed by atoms with Crippen molar-refractivity contribution in [2.24, 2.45) is 4.99 Å². The van der Waals surface area contributed by atoms with Gasteiger partial charge in [0.1, 0.15) is 12.0 Å². The van der Waals surface area contributed by atoms with E-state index in [9.17, 15) is 16.8 Å². The first-order chi connectivity index (χ1) is 15.4. The van der Waals surface area contributed by atoms with E-state index in [-0.39, 0.29) is 15.5 Å². The molecule has 0 spiro atoms. The number of rotatable bonds is 3. The van der Waals surface area contributed by atoms with Crippen molar-refractivity contribution in [3.05, 3.63) is 102 Å². The number of benzene rings is 3. The lowest BCUT2D eigenvalue weighted by Gasteiger charge is -2.09. The fourth-order valence-electron chi connectivity index (χ4n) is 3.54. The summed E-state index contributed by atoms with van der Waals surface area (Å²) in [7, 11) is -8.34. The van der Waals surface area contributed by atoms with Crippen LogP contribution in [0.4, 0.5) is 5.69 Å². The van der Waals surface area contributed by atoms with Crippen molar-refractivity contribution in [3.63, 3.8) is 0 Å². The number of aromatic nitrogens is 2. The van der Waals surface area contributed by atoms with Gasteiger partial charge in [0, 0.05) is 11.1 Å². The summed E-state index contributed by atoms with van der Waals surface area (Å²) < 4.78 is 53.9. The molecule has 0 N–H and O–H groups in total. The predicted octanol–water partition coefficient (Wildman–Crippen LogP) is 3.62. The van der Waals surface area contributed by atoms with Crippen LogP contribution in [-0.4, -0.2) is 32.5 Å². The van der Waals surface area contributed by atoms with Gasteiger partial charge < -0.3 is 0 Å². The van der Waals surface area contributed by atoms with Gasteiger partial charge in [-0.15, -0.1) is 0 Å². The van der Waals surface area contributed by atoms with Crippen molar-refractivity contribution in [3.8, 4) is 0 Å². The molecule has 4 aromatic rings. The van der Waals surface area contributed by atoms with Crippen LogP contribution >= 0.6 is 0 Å². The monoisotopic (exact) mass is 461 g/mol. The number of hydrogen-bond acceptors (Lipinski definition) is 7. The summed E-state index contributed by atoms with van der Waals surface area (Å²) >= 11 is 0. The third kappa shape index (κ3) is 3.14. The van der Waals surface area contributed by atoms with Gasteiger partial charge in [-0.3, -0.25) is 0 Å². The molecule has 0 saturated heterocycles. The predicted molar refractivity (Wildman–Crippen MR) is 118 cm³/mol. The smallest absolute Gasteiger partial charge is 0.226 e. The van der Waals surface area contributed by atoms with Crippen LogP contribution in [-0.2, 0) is 19.7 Å². The van der Waals surface area contributed by atoms with Crippen LogP contribution in [0, 0.1) is 0 Å². The standard InChI is InChI=1S/C23H15N3O4S2/c27-31(28,17-11-5-2-6-12-17)22-21-23(25-15-24-22)32(29,30)19-14-8-7-13-18(19)20(26-21)16-9-3-1-4-10-16/h1-15H. The Bertz CT molecular complexity index is 1580. The molecule has 0 bridgehead atoms. The molecule has 1 aromatic heterocycles. The van der Waals surface area contributed by atoms with Crippen LogP contribution in [0.25, 0.3) is 0 Å². The lowest BCUT2D eigenvalue weighted by Crippen LogP contribution is -2.11. The van der Waals surface area contributed by atoms with Crippen molar-refractivity contribution in [2.45, 2.75) is 19.8 Å². The second-order valence-corrected chi connectivity index (χ2v) is 10.7. The Morgan fingerprint density at radius 3 is 2.06 bits per heavy atom. The molecule has 0 aliphatic carbocycles. The summed E-state index contributed by atoms with van der Waals surface area (Å²) in [6.45, 7) is 0. The second-order valence-electron chi connectivity index (χ2n) is 6.98. The summed E-state index contributed by atoms with van der Waals surface area (Å²) in [5, 5.41) is -0.904. The zero-order chi connectivity index (χ0) is 22.3. The number of hydrogen-bond donors (Lipinski definition) is 0. The fraction of sp³-hybridized carbons (Fsp3) is 0. The van der Waals surface area contributed by atoms with E-state index in [0.29, 0.717) is 16.8 Å². The topological polar surface area (TPSA) is 106 Å². The molecule has 0 atom stereocenters. The molecule has 7 nitrogen and oxygen atoms in total. The van der Waals surface area contributed by atoms with E-state index in [1.807, 2.05) is 6.07 Å². The van der Waals surface area contributed by atoms with Gasteiger partial charge in [0.05, 0.1) is 15.5 Å². The first-order valence-electron chi connectivity index (χ1n) is 9.54. The molecular formula is C23H15N3O4S2. The molecular weight excluding hydrogens is 446 g/mol. The minimum Gasteiger partial charge on any atom is -0.242 e.